The van der Waals surface area contributed by atoms with Gasteiger partial charge in [0.25, 0.3) is 0 Å². The van der Waals surface area contributed by atoms with Gasteiger partial charge in [-0.25, -0.2) is 9.78 Å². The van der Waals surface area contributed by atoms with Crippen LogP contribution in [-0.4, -0.2) is 84.9 Å². The van der Waals surface area contributed by atoms with Gasteiger partial charge in [0.2, 0.25) is 23.6 Å². The fourth-order valence-corrected chi connectivity index (χ4v) is 4.36. The Hall–Kier alpha value is -5.25. The van der Waals surface area contributed by atoms with Crippen LogP contribution in [0.1, 0.15) is 36.9 Å². The molecule has 4 unspecified atom stereocenters. The zero-order valence-corrected chi connectivity index (χ0v) is 23.0. The number of fused-ring (bicyclic) bond motifs is 1. The lowest BCUT2D eigenvalue weighted by molar-refractivity contribution is -0.142. The molecule has 4 amide bonds. The average Bonchev–Trinajstić information content (AvgIpc) is 3.62. The number of para-hydroxylation sites is 1. The molecule has 0 saturated heterocycles. The molecule has 0 aliphatic rings. The normalized spacial score (nSPS) is 13.8. The standard InChI is InChI=1S/C27H34N8O8/c28-17(10-15-12-30-13-32-15)24(39)33-20(6-8-23(37)38)25(40)34-19(5-7-22(29)36)26(41)35-21(27(42)43)9-14-11-31-18-4-2-1-3-16(14)18/h1-4,11-13,17,19-21,31H,5-10,28H2,(H2,29,36)(H,30,32)(H,33,39)(H,34,40)(H,35,41)(H,37,38)(H,42,43). The second-order valence-electron chi connectivity index (χ2n) is 9.91. The predicted molar refractivity (Wildman–Crippen MR) is 151 cm³/mol. The van der Waals surface area contributed by atoms with Gasteiger partial charge in [0.1, 0.15) is 18.1 Å². The molecule has 3 rings (SSSR count). The van der Waals surface area contributed by atoms with Crippen LogP contribution in [0.15, 0.2) is 43.0 Å². The fraction of sp³-hybridized carbons (Fsp3) is 0.370. The van der Waals surface area contributed by atoms with Crippen LogP contribution >= 0.6 is 0 Å². The lowest BCUT2D eigenvalue weighted by atomic mass is 10.0. The second kappa shape index (κ2) is 15.1. The number of aromatic nitrogens is 3. The highest BCUT2D eigenvalue weighted by Gasteiger charge is 2.31. The van der Waals surface area contributed by atoms with Crippen molar-refractivity contribution in [1.29, 1.82) is 0 Å². The number of amides is 4. The minimum atomic E-state index is -1.44. The Kier molecular flexibility index (Phi) is 11.3. The summed E-state index contributed by atoms with van der Waals surface area (Å²) in [7, 11) is 0. The molecule has 0 spiro atoms. The first-order valence-electron chi connectivity index (χ1n) is 13.4. The van der Waals surface area contributed by atoms with Gasteiger partial charge in [0, 0.05) is 54.7 Å². The molecule has 0 radical (unpaired) electrons. The molecule has 0 aliphatic heterocycles. The Labute approximate surface area is 245 Å². The lowest BCUT2D eigenvalue weighted by Gasteiger charge is -2.25. The first-order valence-corrected chi connectivity index (χ1v) is 13.4. The molecule has 2 aromatic heterocycles. The van der Waals surface area contributed by atoms with E-state index in [4.69, 9.17) is 16.6 Å². The maximum Gasteiger partial charge on any atom is 0.326 e. The van der Waals surface area contributed by atoms with Crippen molar-refractivity contribution in [2.45, 2.75) is 62.7 Å². The third kappa shape index (κ3) is 9.67. The first-order chi connectivity index (χ1) is 20.4. The summed E-state index contributed by atoms with van der Waals surface area (Å²) in [5.74, 6) is -5.96. The molecule has 43 heavy (non-hydrogen) atoms. The second-order valence-corrected chi connectivity index (χ2v) is 9.91. The SMILES string of the molecule is NC(=O)CCC(NC(=O)C(CCC(=O)O)NC(=O)C(N)Cc1cnc[nH]1)C(=O)NC(Cc1c[nH]c2ccccc12)C(=O)O. The molecule has 0 saturated carbocycles. The quantitative estimate of drug-likeness (QED) is 0.0883. The van der Waals surface area contributed by atoms with Gasteiger partial charge in [0.15, 0.2) is 0 Å². The van der Waals surface area contributed by atoms with Crippen LogP contribution in [0.2, 0.25) is 0 Å². The van der Waals surface area contributed by atoms with E-state index in [0.717, 1.165) is 10.9 Å². The van der Waals surface area contributed by atoms with Crippen molar-refractivity contribution in [3.8, 4) is 0 Å². The van der Waals surface area contributed by atoms with Gasteiger partial charge >= 0.3 is 11.9 Å². The number of carboxylic acid groups (broad SMARTS) is 2. The van der Waals surface area contributed by atoms with Crippen molar-refractivity contribution in [2.75, 3.05) is 0 Å². The van der Waals surface area contributed by atoms with Crippen molar-refractivity contribution in [3.05, 3.63) is 54.2 Å². The number of rotatable bonds is 17. The van der Waals surface area contributed by atoms with Gasteiger partial charge in [-0.1, -0.05) is 18.2 Å². The van der Waals surface area contributed by atoms with Crippen LogP contribution in [0, 0.1) is 0 Å². The summed E-state index contributed by atoms with van der Waals surface area (Å²) in [5.41, 5.74) is 13.1. The van der Waals surface area contributed by atoms with Crippen LogP contribution in [0.5, 0.6) is 0 Å². The molecular weight excluding hydrogens is 564 g/mol. The summed E-state index contributed by atoms with van der Waals surface area (Å²) < 4.78 is 0. The number of H-pyrrole nitrogens is 2. The Morgan fingerprint density at radius 1 is 0.837 bits per heavy atom. The van der Waals surface area contributed by atoms with Crippen molar-refractivity contribution >= 4 is 46.5 Å². The Bertz CT molecular complexity index is 1450. The van der Waals surface area contributed by atoms with E-state index in [-0.39, 0.29) is 32.1 Å². The Morgan fingerprint density at radius 2 is 1.47 bits per heavy atom. The van der Waals surface area contributed by atoms with E-state index in [1.807, 2.05) is 12.1 Å². The smallest absolute Gasteiger partial charge is 0.326 e. The first kappa shape index (κ1) is 32.3. The lowest BCUT2D eigenvalue weighted by Crippen LogP contribution is -2.57. The minimum Gasteiger partial charge on any atom is -0.481 e. The molecule has 0 aliphatic carbocycles. The number of carboxylic acids is 2. The molecule has 2 heterocycles. The van der Waals surface area contributed by atoms with Gasteiger partial charge in [-0.3, -0.25) is 24.0 Å². The number of nitrogens with one attached hydrogen (secondary N) is 5. The number of hydrogen-bond acceptors (Lipinski definition) is 8. The molecule has 16 heteroatoms. The minimum absolute atomic E-state index is 0.0513. The molecule has 0 fully saturated rings. The van der Waals surface area contributed by atoms with Crippen molar-refractivity contribution in [3.63, 3.8) is 0 Å². The van der Waals surface area contributed by atoms with Crippen LogP contribution < -0.4 is 27.4 Å². The number of carbonyl (C=O) groups is 6. The largest absolute Gasteiger partial charge is 0.481 e. The maximum atomic E-state index is 13.2. The zero-order chi connectivity index (χ0) is 31.5. The molecule has 0 bridgehead atoms. The van der Waals surface area contributed by atoms with Gasteiger partial charge in [-0.15, -0.1) is 0 Å². The molecule has 1 aromatic carbocycles. The summed E-state index contributed by atoms with van der Waals surface area (Å²) in [6.07, 6.45) is 2.99. The van der Waals surface area contributed by atoms with Crippen molar-refractivity contribution < 1.29 is 39.0 Å². The van der Waals surface area contributed by atoms with Gasteiger partial charge < -0.3 is 47.6 Å². The summed E-state index contributed by atoms with van der Waals surface area (Å²) in [6.45, 7) is 0. The number of nitrogens with zero attached hydrogens (tertiary/aromatic N) is 1. The molecular formula is C27H34N8O8. The van der Waals surface area contributed by atoms with Crippen molar-refractivity contribution in [2.24, 2.45) is 11.5 Å². The fourth-order valence-electron chi connectivity index (χ4n) is 4.36. The maximum absolute atomic E-state index is 13.2. The molecule has 16 nitrogen and oxygen atoms in total. The summed E-state index contributed by atoms with van der Waals surface area (Å²) in [5, 5.41) is 26.9. The molecule has 3 aromatic rings. The van der Waals surface area contributed by atoms with Crippen LogP contribution in [0.4, 0.5) is 0 Å². The summed E-state index contributed by atoms with van der Waals surface area (Å²) in [6, 6.07) is 1.83. The highest BCUT2D eigenvalue weighted by molar-refractivity contribution is 5.95. The topological polar surface area (TPSA) is 275 Å². The number of benzene rings is 1. The number of aliphatic carboxylic acids is 2. The molecule has 4 atom stereocenters. The number of hydrogen-bond donors (Lipinski definition) is 9. The van der Waals surface area contributed by atoms with Crippen molar-refractivity contribution in [1.82, 2.24) is 30.9 Å². The summed E-state index contributed by atoms with van der Waals surface area (Å²) in [4.78, 5) is 83.6. The average molecular weight is 599 g/mol. The van der Waals surface area contributed by atoms with Crippen LogP contribution in [0.25, 0.3) is 10.9 Å². The summed E-state index contributed by atoms with van der Waals surface area (Å²) >= 11 is 0. The highest BCUT2D eigenvalue weighted by Crippen LogP contribution is 2.19. The number of aromatic amines is 2. The van der Waals surface area contributed by atoms with E-state index < -0.39 is 66.2 Å². The highest BCUT2D eigenvalue weighted by atomic mass is 16.4. The monoisotopic (exact) mass is 598 g/mol. The Balaban J connectivity index is 1.74. The number of imidazole rings is 1. The zero-order valence-electron chi connectivity index (χ0n) is 23.0. The van der Waals surface area contributed by atoms with E-state index >= 15 is 0 Å². The Morgan fingerprint density at radius 3 is 2.07 bits per heavy atom. The van der Waals surface area contributed by atoms with E-state index in [0.29, 0.717) is 11.3 Å². The third-order valence-corrected chi connectivity index (χ3v) is 6.64. The van der Waals surface area contributed by atoms with E-state index in [2.05, 4.69) is 30.9 Å². The van der Waals surface area contributed by atoms with Gasteiger partial charge in [-0.05, 0) is 24.5 Å². The van der Waals surface area contributed by atoms with Crippen LogP contribution in [-0.2, 0) is 41.6 Å². The van der Waals surface area contributed by atoms with Gasteiger partial charge in [-0.2, -0.15) is 0 Å². The van der Waals surface area contributed by atoms with E-state index in [9.17, 15) is 33.9 Å². The number of carbonyl (C=O) groups excluding carboxylic acids is 4. The van der Waals surface area contributed by atoms with E-state index in [1.54, 1.807) is 18.3 Å². The number of primary amides is 1. The third-order valence-electron chi connectivity index (χ3n) is 6.64. The predicted octanol–water partition coefficient (Wildman–Crippen LogP) is -1.33. The van der Waals surface area contributed by atoms with E-state index in [1.165, 1.54) is 12.5 Å². The number of nitrogens with two attached hydrogens (primary N) is 2. The van der Waals surface area contributed by atoms with Crippen LogP contribution in [0.3, 0.4) is 0 Å². The van der Waals surface area contributed by atoms with Gasteiger partial charge in [0.05, 0.1) is 12.4 Å². The molecule has 11 N–H and O–H groups in total. The molecule has 230 valence electrons.